The molecule has 0 radical (unpaired) electrons. The summed E-state index contributed by atoms with van der Waals surface area (Å²) in [5.41, 5.74) is 3.62. The molecule has 0 aliphatic rings. The van der Waals surface area contributed by atoms with Crippen LogP contribution in [0, 0.1) is 6.92 Å². The van der Waals surface area contributed by atoms with Crippen molar-refractivity contribution in [2.24, 2.45) is 0 Å². The van der Waals surface area contributed by atoms with Gasteiger partial charge in [-0.05, 0) is 19.1 Å². The zero-order chi connectivity index (χ0) is 15.3. The summed E-state index contributed by atoms with van der Waals surface area (Å²) in [6.07, 6.45) is 3.50. The first kappa shape index (κ1) is 12.6. The summed E-state index contributed by atoms with van der Waals surface area (Å²) < 4.78 is 1.70. The van der Waals surface area contributed by atoms with Crippen molar-refractivity contribution in [3.8, 4) is 11.3 Å². The third-order valence-electron chi connectivity index (χ3n) is 3.52. The number of nitrogens with zero attached hydrogens (tertiary/aromatic N) is 5. The van der Waals surface area contributed by atoms with Crippen molar-refractivity contribution in [1.29, 1.82) is 0 Å². The van der Waals surface area contributed by atoms with Crippen molar-refractivity contribution in [3.05, 3.63) is 42.1 Å². The standard InChI is InChI=1S/C15H12N6O/c1-8(22)15-11-5-10(3-4-12(11)18-19-15)13-7-21-14(6-16-13)17-9(2)20-21/h3-7H,1-2H3,(H,18,19). The number of carbonyl (C=O) groups excluding carboxylic acids is 1. The zero-order valence-corrected chi connectivity index (χ0v) is 12.0. The molecule has 0 amide bonds. The van der Waals surface area contributed by atoms with Crippen LogP contribution in [0.2, 0.25) is 0 Å². The molecule has 0 saturated carbocycles. The largest absolute Gasteiger partial charge is 0.293 e. The predicted octanol–water partition coefficient (Wildman–Crippen LogP) is 2.18. The summed E-state index contributed by atoms with van der Waals surface area (Å²) in [6.45, 7) is 3.34. The maximum atomic E-state index is 11.6. The molecule has 0 spiro atoms. The van der Waals surface area contributed by atoms with Gasteiger partial charge in [-0.25, -0.2) is 9.50 Å². The molecule has 22 heavy (non-hydrogen) atoms. The van der Waals surface area contributed by atoms with E-state index in [-0.39, 0.29) is 5.78 Å². The smallest absolute Gasteiger partial charge is 0.180 e. The Morgan fingerprint density at radius 2 is 2.18 bits per heavy atom. The number of aromatic nitrogens is 6. The number of rotatable bonds is 2. The number of carbonyl (C=O) groups is 1. The molecule has 3 aromatic heterocycles. The molecule has 0 saturated heterocycles. The minimum atomic E-state index is -0.0706. The van der Waals surface area contributed by atoms with Crippen LogP contribution in [-0.4, -0.2) is 35.6 Å². The minimum absolute atomic E-state index is 0.0706. The lowest BCUT2D eigenvalue weighted by Crippen LogP contribution is -1.94. The maximum Gasteiger partial charge on any atom is 0.180 e. The molecular formula is C15H12N6O. The molecule has 0 aliphatic heterocycles. The second-order valence-corrected chi connectivity index (χ2v) is 5.12. The van der Waals surface area contributed by atoms with Crippen LogP contribution in [0.4, 0.5) is 0 Å². The first-order chi connectivity index (χ1) is 10.6. The molecule has 7 nitrogen and oxygen atoms in total. The van der Waals surface area contributed by atoms with Crippen LogP contribution >= 0.6 is 0 Å². The van der Waals surface area contributed by atoms with Crippen molar-refractivity contribution < 1.29 is 4.79 Å². The first-order valence-electron chi connectivity index (χ1n) is 6.80. The van der Waals surface area contributed by atoms with Crippen LogP contribution in [0.1, 0.15) is 23.2 Å². The van der Waals surface area contributed by atoms with Crippen molar-refractivity contribution in [3.63, 3.8) is 0 Å². The van der Waals surface area contributed by atoms with Crippen molar-refractivity contribution >= 4 is 22.3 Å². The van der Waals surface area contributed by atoms with E-state index in [0.29, 0.717) is 17.2 Å². The van der Waals surface area contributed by atoms with Gasteiger partial charge < -0.3 is 0 Å². The Morgan fingerprint density at radius 1 is 1.32 bits per heavy atom. The van der Waals surface area contributed by atoms with Gasteiger partial charge in [-0.15, -0.1) is 0 Å². The molecule has 4 rings (SSSR count). The highest BCUT2D eigenvalue weighted by Crippen LogP contribution is 2.24. The minimum Gasteiger partial charge on any atom is -0.293 e. The highest BCUT2D eigenvalue weighted by atomic mass is 16.1. The van der Waals surface area contributed by atoms with Gasteiger partial charge in [0.1, 0.15) is 11.5 Å². The number of H-pyrrole nitrogens is 1. The summed E-state index contributed by atoms with van der Waals surface area (Å²) in [4.78, 5) is 20.3. The number of nitrogens with one attached hydrogen (secondary N) is 1. The van der Waals surface area contributed by atoms with Crippen molar-refractivity contribution in [2.75, 3.05) is 0 Å². The number of Topliss-reactive ketones (excluding diaryl/α,β-unsaturated/α-hetero) is 1. The van der Waals surface area contributed by atoms with E-state index in [1.54, 1.807) is 10.7 Å². The van der Waals surface area contributed by atoms with Crippen LogP contribution in [0.25, 0.3) is 27.8 Å². The van der Waals surface area contributed by atoms with Gasteiger partial charge in [-0.1, -0.05) is 6.07 Å². The Balaban J connectivity index is 1.91. The fraction of sp³-hybridized carbons (Fsp3) is 0.133. The van der Waals surface area contributed by atoms with Gasteiger partial charge in [0.2, 0.25) is 0 Å². The third kappa shape index (κ3) is 1.86. The summed E-state index contributed by atoms with van der Waals surface area (Å²) in [7, 11) is 0. The first-order valence-corrected chi connectivity index (χ1v) is 6.80. The van der Waals surface area contributed by atoms with Crippen LogP contribution in [0.3, 0.4) is 0 Å². The number of benzene rings is 1. The van der Waals surface area contributed by atoms with Crippen molar-refractivity contribution in [1.82, 2.24) is 29.8 Å². The van der Waals surface area contributed by atoms with E-state index < -0.39 is 0 Å². The Morgan fingerprint density at radius 3 is 3.00 bits per heavy atom. The highest BCUT2D eigenvalue weighted by Gasteiger charge is 2.12. The van der Waals surface area contributed by atoms with Gasteiger partial charge >= 0.3 is 0 Å². The van der Waals surface area contributed by atoms with Crippen LogP contribution in [0.5, 0.6) is 0 Å². The molecule has 1 aromatic carbocycles. The van der Waals surface area contributed by atoms with E-state index in [0.717, 1.165) is 22.2 Å². The second kappa shape index (κ2) is 4.45. The SMILES string of the molecule is CC(=O)c1n[nH]c2ccc(-c3cn4nc(C)nc4cn3)cc12. The Kier molecular flexibility index (Phi) is 2.56. The second-order valence-electron chi connectivity index (χ2n) is 5.12. The van der Waals surface area contributed by atoms with Gasteiger partial charge in [0.05, 0.1) is 23.6 Å². The molecule has 1 N–H and O–H groups in total. The lowest BCUT2D eigenvalue weighted by molar-refractivity contribution is 0.101. The van der Waals surface area contributed by atoms with Crippen LogP contribution < -0.4 is 0 Å². The maximum absolute atomic E-state index is 11.6. The molecule has 3 heterocycles. The van der Waals surface area contributed by atoms with E-state index in [2.05, 4.69) is 25.3 Å². The average Bonchev–Trinajstić information content (AvgIpc) is 3.07. The predicted molar refractivity (Wildman–Crippen MR) is 80.6 cm³/mol. The monoisotopic (exact) mass is 292 g/mol. The summed E-state index contributed by atoms with van der Waals surface area (Å²) in [5, 5.41) is 12.0. The number of fused-ring (bicyclic) bond motifs is 2. The summed E-state index contributed by atoms with van der Waals surface area (Å²) >= 11 is 0. The molecule has 0 atom stereocenters. The van der Waals surface area contributed by atoms with Gasteiger partial charge in [0.25, 0.3) is 0 Å². The Hall–Kier alpha value is -3.09. The van der Waals surface area contributed by atoms with Crippen LogP contribution in [0.15, 0.2) is 30.6 Å². The molecule has 0 unspecified atom stereocenters. The zero-order valence-electron chi connectivity index (χ0n) is 12.0. The number of aromatic amines is 1. The number of hydrogen-bond acceptors (Lipinski definition) is 5. The molecule has 7 heteroatoms. The fourth-order valence-electron chi connectivity index (χ4n) is 2.50. The van der Waals surface area contributed by atoms with E-state index >= 15 is 0 Å². The number of hydrogen-bond donors (Lipinski definition) is 1. The lowest BCUT2D eigenvalue weighted by atomic mass is 10.1. The molecule has 4 aromatic rings. The molecular weight excluding hydrogens is 280 g/mol. The summed E-state index contributed by atoms with van der Waals surface area (Å²) in [6, 6.07) is 5.73. The van der Waals surface area contributed by atoms with Gasteiger partial charge in [0, 0.05) is 17.9 Å². The quantitative estimate of drug-likeness (QED) is 0.572. The van der Waals surface area contributed by atoms with Gasteiger partial charge in [0.15, 0.2) is 11.4 Å². The average molecular weight is 292 g/mol. The number of aryl methyl sites for hydroxylation is 1. The normalized spacial score (nSPS) is 11.4. The van der Waals surface area contributed by atoms with E-state index in [9.17, 15) is 4.79 Å². The van der Waals surface area contributed by atoms with E-state index in [1.165, 1.54) is 6.92 Å². The van der Waals surface area contributed by atoms with Crippen LogP contribution in [-0.2, 0) is 0 Å². The molecule has 0 fully saturated rings. The van der Waals surface area contributed by atoms with Gasteiger partial charge in [-0.3, -0.25) is 14.9 Å². The fourth-order valence-corrected chi connectivity index (χ4v) is 2.50. The molecule has 0 aliphatic carbocycles. The third-order valence-corrected chi connectivity index (χ3v) is 3.52. The Bertz CT molecular complexity index is 1030. The lowest BCUT2D eigenvalue weighted by Gasteiger charge is -2.02. The highest BCUT2D eigenvalue weighted by molar-refractivity contribution is 6.05. The molecule has 108 valence electrons. The van der Waals surface area contributed by atoms with E-state index in [4.69, 9.17) is 0 Å². The van der Waals surface area contributed by atoms with E-state index in [1.807, 2.05) is 31.3 Å². The number of ketones is 1. The topological polar surface area (TPSA) is 88.8 Å². The Labute approximate surface area is 125 Å². The van der Waals surface area contributed by atoms with Gasteiger partial charge in [-0.2, -0.15) is 10.2 Å². The summed E-state index contributed by atoms with van der Waals surface area (Å²) in [5.74, 6) is 0.627. The molecule has 0 bridgehead atoms. The van der Waals surface area contributed by atoms with Crippen molar-refractivity contribution in [2.45, 2.75) is 13.8 Å².